The number of hydrogen-bond donors (Lipinski definition) is 2. The molecule has 0 unspecified atom stereocenters. The van der Waals surface area contributed by atoms with Crippen molar-refractivity contribution >= 4 is 11.6 Å². The smallest absolute Gasteiger partial charge is 0.253 e. The molecule has 1 heterocycles. The minimum atomic E-state index is -0.0587. The zero-order valence-electron chi connectivity index (χ0n) is 11.8. The average Bonchev–Trinajstić information content (AvgIpc) is 2.96. The van der Waals surface area contributed by atoms with Gasteiger partial charge in [0.25, 0.3) is 5.91 Å². The molecule has 0 radical (unpaired) electrons. The molecule has 0 aliphatic rings. The summed E-state index contributed by atoms with van der Waals surface area (Å²) < 4.78 is 1.75. The molecule has 2 aromatic rings. The van der Waals surface area contributed by atoms with Crippen LogP contribution < -0.4 is 10.6 Å². The lowest BCUT2D eigenvalue weighted by Gasteiger charge is -2.10. The molecule has 0 fully saturated rings. The molecule has 20 heavy (non-hydrogen) atoms. The number of aryl methyl sites for hydroxylation is 2. The van der Waals surface area contributed by atoms with Crippen LogP contribution in [0, 0.1) is 6.92 Å². The van der Waals surface area contributed by atoms with Crippen molar-refractivity contribution in [1.82, 2.24) is 20.3 Å². The number of carbonyl (C=O) groups excluding carboxylic acids is 1. The molecule has 0 spiro atoms. The standard InChI is InChI=1S/C14H19N5O/c1-11-4-5-13(15-2)12(10-11)14(20)16-6-3-8-19-9-7-17-18-19/h4-5,7,9-10,15H,3,6,8H2,1-2H3,(H,16,20). The van der Waals surface area contributed by atoms with Gasteiger partial charge >= 0.3 is 0 Å². The van der Waals surface area contributed by atoms with Crippen LogP contribution in [0.5, 0.6) is 0 Å². The number of rotatable bonds is 6. The van der Waals surface area contributed by atoms with Crippen molar-refractivity contribution in [3.05, 3.63) is 41.7 Å². The van der Waals surface area contributed by atoms with Crippen LogP contribution in [0.25, 0.3) is 0 Å². The van der Waals surface area contributed by atoms with Gasteiger partial charge in [-0.3, -0.25) is 9.48 Å². The first-order valence-electron chi connectivity index (χ1n) is 6.61. The van der Waals surface area contributed by atoms with Crippen molar-refractivity contribution < 1.29 is 4.79 Å². The van der Waals surface area contributed by atoms with Crippen LogP contribution in [-0.2, 0) is 6.54 Å². The zero-order valence-corrected chi connectivity index (χ0v) is 11.8. The summed E-state index contributed by atoms with van der Waals surface area (Å²) in [7, 11) is 1.81. The first-order valence-corrected chi connectivity index (χ1v) is 6.61. The van der Waals surface area contributed by atoms with Gasteiger partial charge in [-0.2, -0.15) is 0 Å². The minimum Gasteiger partial charge on any atom is -0.387 e. The summed E-state index contributed by atoms with van der Waals surface area (Å²) in [6.07, 6.45) is 4.27. The molecule has 1 aromatic heterocycles. The number of anilines is 1. The number of aromatic nitrogens is 3. The van der Waals surface area contributed by atoms with E-state index in [0.29, 0.717) is 12.1 Å². The van der Waals surface area contributed by atoms with Gasteiger partial charge in [-0.05, 0) is 25.5 Å². The number of amides is 1. The number of nitrogens with one attached hydrogen (secondary N) is 2. The summed E-state index contributed by atoms with van der Waals surface area (Å²) in [6, 6.07) is 5.78. The second-order valence-corrected chi connectivity index (χ2v) is 4.57. The van der Waals surface area contributed by atoms with Gasteiger partial charge in [0.15, 0.2) is 0 Å². The van der Waals surface area contributed by atoms with Crippen molar-refractivity contribution in [2.45, 2.75) is 19.9 Å². The molecule has 1 aromatic carbocycles. The number of hydrogen-bond acceptors (Lipinski definition) is 4. The van der Waals surface area contributed by atoms with Crippen LogP contribution in [0.15, 0.2) is 30.6 Å². The van der Waals surface area contributed by atoms with Crippen molar-refractivity contribution in [2.75, 3.05) is 18.9 Å². The Morgan fingerprint density at radius 2 is 2.25 bits per heavy atom. The molecule has 6 nitrogen and oxygen atoms in total. The maximum Gasteiger partial charge on any atom is 0.253 e. The first kappa shape index (κ1) is 14.0. The monoisotopic (exact) mass is 273 g/mol. The van der Waals surface area contributed by atoms with E-state index in [9.17, 15) is 4.79 Å². The Labute approximate surface area is 118 Å². The molecule has 6 heteroatoms. The van der Waals surface area contributed by atoms with Crippen LogP contribution in [0.2, 0.25) is 0 Å². The van der Waals surface area contributed by atoms with Gasteiger partial charge in [0.05, 0.1) is 11.8 Å². The van der Waals surface area contributed by atoms with Gasteiger partial charge in [-0.1, -0.05) is 16.8 Å². The predicted molar refractivity (Wildman–Crippen MR) is 77.7 cm³/mol. The zero-order chi connectivity index (χ0) is 14.4. The van der Waals surface area contributed by atoms with Crippen LogP contribution in [0.1, 0.15) is 22.3 Å². The van der Waals surface area contributed by atoms with E-state index in [0.717, 1.165) is 24.2 Å². The predicted octanol–water partition coefficient (Wildman–Crippen LogP) is 1.45. The average molecular weight is 273 g/mol. The third kappa shape index (κ3) is 3.57. The Morgan fingerprint density at radius 1 is 1.40 bits per heavy atom. The summed E-state index contributed by atoms with van der Waals surface area (Å²) in [5.41, 5.74) is 2.58. The Balaban J connectivity index is 1.87. The van der Waals surface area contributed by atoms with E-state index in [1.807, 2.05) is 38.4 Å². The van der Waals surface area contributed by atoms with Crippen LogP contribution in [0.3, 0.4) is 0 Å². The number of benzene rings is 1. The molecule has 2 N–H and O–H groups in total. The van der Waals surface area contributed by atoms with Gasteiger partial charge in [-0.25, -0.2) is 0 Å². The lowest BCUT2D eigenvalue weighted by Crippen LogP contribution is -2.26. The van der Waals surface area contributed by atoms with Crippen molar-refractivity contribution in [3.63, 3.8) is 0 Å². The molecule has 0 aliphatic heterocycles. The summed E-state index contributed by atoms with van der Waals surface area (Å²) in [5, 5.41) is 13.6. The van der Waals surface area contributed by atoms with Crippen molar-refractivity contribution in [3.8, 4) is 0 Å². The molecule has 0 saturated carbocycles. The quantitative estimate of drug-likeness (QED) is 0.781. The minimum absolute atomic E-state index is 0.0587. The fourth-order valence-electron chi connectivity index (χ4n) is 1.95. The number of carbonyl (C=O) groups is 1. The lowest BCUT2D eigenvalue weighted by atomic mass is 10.1. The highest BCUT2D eigenvalue weighted by molar-refractivity contribution is 5.99. The van der Waals surface area contributed by atoms with Gasteiger partial charge < -0.3 is 10.6 Å². The normalized spacial score (nSPS) is 10.3. The number of nitrogens with zero attached hydrogens (tertiary/aromatic N) is 3. The SMILES string of the molecule is CNc1ccc(C)cc1C(=O)NCCCn1ccnn1. The first-order chi connectivity index (χ1) is 9.70. The van der Waals surface area contributed by atoms with Gasteiger partial charge in [0.2, 0.25) is 0 Å². The highest BCUT2D eigenvalue weighted by Gasteiger charge is 2.10. The van der Waals surface area contributed by atoms with Gasteiger partial charge in [-0.15, -0.1) is 5.10 Å². The molecular weight excluding hydrogens is 254 g/mol. The van der Waals surface area contributed by atoms with E-state index in [4.69, 9.17) is 0 Å². The highest BCUT2D eigenvalue weighted by atomic mass is 16.1. The fourth-order valence-corrected chi connectivity index (χ4v) is 1.95. The van der Waals surface area contributed by atoms with Crippen LogP contribution >= 0.6 is 0 Å². The molecule has 0 bridgehead atoms. The van der Waals surface area contributed by atoms with Crippen molar-refractivity contribution in [2.24, 2.45) is 0 Å². The molecular formula is C14H19N5O. The Kier molecular flexibility index (Phi) is 4.70. The lowest BCUT2D eigenvalue weighted by molar-refractivity contribution is 0.0953. The molecule has 1 amide bonds. The second-order valence-electron chi connectivity index (χ2n) is 4.57. The van der Waals surface area contributed by atoms with E-state index in [1.165, 1.54) is 0 Å². The van der Waals surface area contributed by atoms with E-state index in [-0.39, 0.29) is 5.91 Å². The summed E-state index contributed by atoms with van der Waals surface area (Å²) in [6.45, 7) is 3.32. The largest absolute Gasteiger partial charge is 0.387 e. The van der Waals surface area contributed by atoms with E-state index in [2.05, 4.69) is 20.9 Å². The van der Waals surface area contributed by atoms with E-state index in [1.54, 1.807) is 10.9 Å². The third-order valence-electron chi connectivity index (χ3n) is 3.01. The molecule has 0 aliphatic carbocycles. The maximum absolute atomic E-state index is 12.2. The molecule has 0 saturated heterocycles. The van der Waals surface area contributed by atoms with Gasteiger partial charge in [0, 0.05) is 32.0 Å². The molecule has 2 rings (SSSR count). The summed E-state index contributed by atoms with van der Waals surface area (Å²) >= 11 is 0. The fraction of sp³-hybridized carbons (Fsp3) is 0.357. The second kappa shape index (κ2) is 6.70. The highest BCUT2D eigenvalue weighted by Crippen LogP contribution is 2.16. The molecule has 0 atom stereocenters. The topological polar surface area (TPSA) is 71.8 Å². The van der Waals surface area contributed by atoms with Crippen LogP contribution in [-0.4, -0.2) is 34.5 Å². The Hall–Kier alpha value is -2.37. The van der Waals surface area contributed by atoms with E-state index < -0.39 is 0 Å². The third-order valence-corrected chi connectivity index (χ3v) is 3.01. The Bertz CT molecular complexity index is 565. The van der Waals surface area contributed by atoms with Crippen molar-refractivity contribution in [1.29, 1.82) is 0 Å². The summed E-state index contributed by atoms with van der Waals surface area (Å²) in [4.78, 5) is 12.2. The van der Waals surface area contributed by atoms with Crippen LogP contribution in [0.4, 0.5) is 5.69 Å². The van der Waals surface area contributed by atoms with E-state index >= 15 is 0 Å². The Morgan fingerprint density at radius 3 is 2.95 bits per heavy atom. The van der Waals surface area contributed by atoms with Gasteiger partial charge in [0.1, 0.15) is 0 Å². The molecule has 106 valence electrons. The maximum atomic E-state index is 12.2. The summed E-state index contributed by atoms with van der Waals surface area (Å²) in [5.74, 6) is -0.0587.